The van der Waals surface area contributed by atoms with Crippen LogP contribution in [-0.2, 0) is 0 Å². The maximum Gasteiger partial charge on any atom is 0.0462 e. The monoisotopic (exact) mass is 878 g/mol. The molecule has 0 atom stereocenters. The zero-order chi connectivity index (χ0) is 43.8. The molecule has 0 bridgehead atoms. The molecule has 0 saturated carbocycles. The van der Waals surface area contributed by atoms with Gasteiger partial charge in [-0.05, 0) is 143 Å². The van der Waals surface area contributed by atoms with Crippen LogP contribution in [0.4, 0.5) is 34.1 Å². The second-order valence-corrected chi connectivity index (χ2v) is 18.6. The number of rotatable bonds is 10. The molecule has 0 amide bonds. The highest BCUT2D eigenvalue weighted by Gasteiger charge is 2.21. The summed E-state index contributed by atoms with van der Waals surface area (Å²) in [5.74, 6) is 0. The van der Waals surface area contributed by atoms with Gasteiger partial charge in [0, 0.05) is 74.5 Å². The Morgan fingerprint density at radius 3 is 0.848 bits per heavy atom. The second-order valence-electron chi connectivity index (χ2n) is 16.5. The SMILES string of the molecule is c1ccc(N(c2ccccc2)c2ccc(/C(=C(/c3ccc(N(c4ccccc4)c4ccccc4)cc3)c3ccc4sc5ccccc5c4c3)c3ccc4sc5ccccc5c4c3)cc2)cc1. The Kier molecular flexibility index (Phi) is 10.3. The number of fused-ring (bicyclic) bond motifs is 6. The fraction of sp³-hybridized carbons (Fsp3) is 0. The van der Waals surface area contributed by atoms with E-state index in [0.717, 1.165) is 45.3 Å². The van der Waals surface area contributed by atoms with Gasteiger partial charge in [-0.1, -0.05) is 146 Å². The van der Waals surface area contributed by atoms with Gasteiger partial charge in [-0.2, -0.15) is 0 Å². The van der Waals surface area contributed by atoms with Gasteiger partial charge in [0.15, 0.2) is 0 Å². The fourth-order valence-electron chi connectivity index (χ4n) is 9.43. The van der Waals surface area contributed by atoms with Crippen molar-refractivity contribution in [1.82, 2.24) is 0 Å². The summed E-state index contributed by atoms with van der Waals surface area (Å²) in [5.41, 5.74) is 13.6. The number of nitrogens with zero attached hydrogens (tertiary/aromatic N) is 2. The number of thiophene rings is 2. The van der Waals surface area contributed by atoms with Crippen molar-refractivity contribution in [3.05, 3.63) is 277 Å². The summed E-state index contributed by atoms with van der Waals surface area (Å²) < 4.78 is 5.17. The summed E-state index contributed by atoms with van der Waals surface area (Å²) in [5, 5.41) is 5.12. The molecule has 0 saturated heterocycles. The lowest BCUT2D eigenvalue weighted by Crippen LogP contribution is -2.10. The molecule has 2 heterocycles. The number of hydrogen-bond acceptors (Lipinski definition) is 4. The summed E-state index contributed by atoms with van der Waals surface area (Å²) in [4.78, 5) is 4.66. The first-order valence-corrected chi connectivity index (χ1v) is 24.0. The average Bonchev–Trinajstić information content (AvgIpc) is 3.95. The molecule has 0 aliphatic rings. The van der Waals surface area contributed by atoms with E-state index < -0.39 is 0 Å². The zero-order valence-corrected chi connectivity index (χ0v) is 37.6. The van der Waals surface area contributed by atoms with Crippen LogP contribution in [0.25, 0.3) is 51.5 Å². The van der Waals surface area contributed by atoms with Gasteiger partial charge in [0.25, 0.3) is 0 Å². The molecule has 12 aromatic rings. The molecule has 0 fully saturated rings. The summed E-state index contributed by atoms with van der Waals surface area (Å²) >= 11 is 3.72. The van der Waals surface area contributed by atoms with Crippen molar-refractivity contribution >= 4 is 108 Å². The van der Waals surface area contributed by atoms with E-state index in [9.17, 15) is 0 Å². The van der Waals surface area contributed by atoms with Gasteiger partial charge < -0.3 is 9.80 Å². The predicted molar refractivity (Wildman–Crippen MR) is 286 cm³/mol. The minimum atomic E-state index is 1.09. The molecule has 0 radical (unpaired) electrons. The van der Waals surface area contributed by atoms with Crippen LogP contribution in [0.2, 0.25) is 0 Å². The first kappa shape index (κ1) is 39.6. The standard InChI is InChI=1S/C62H42N2S2/c1-5-17-47(18-6-1)63(48-19-7-2-8-20-48)51-35-29-43(30-36-51)61(45-33-39-59-55(41-45)53-25-13-15-27-57(53)65-59)62(46-34-40-60-56(42-46)54-26-14-16-28-58(54)66-60)44-31-37-52(38-32-44)64(49-21-9-3-10-22-49)50-23-11-4-12-24-50/h1-42H/b62-61+. The van der Waals surface area contributed by atoms with Crippen LogP contribution in [0.1, 0.15) is 22.3 Å². The third-order valence-electron chi connectivity index (χ3n) is 12.5. The lowest BCUT2D eigenvalue weighted by molar-refractivity contribution is 1.28. The van der Waals surface area contributed by atoms with E-state index in [0.29, 0.717) is 0 Å². The lowest BCUT2D eigenvalue weighted by Gasteiger charge is -2.26. The van der Waals surface area contributed by atoms with Crippen molar-refractivity contribution in [2.45, 2.75) is 0 Å². The van der Waals surface area contributed by atoms with Crippen molar-refractivity contribution in [3.63, 3.8) is 0 Å². The number of hydrogen-bond donors (Lipinski definition) is 0. The fourth-order valence-corrected chi connectivity index (χ4v) is 11.6. The van der Waals surface area contributed by atoms with Gasteiger partial charge in [0.2, 0.25) is 0 Å². The lowest BCUT2D eigenvalue weighted by atomic mass is 9.85. The topological polar surface area (TPSA) is 6.48 Å². The molecular weight excluding hydrogens is 837 g/mol. The molecule has 10 aromatic carbocycles. The quantitative estimate of drug-likeness (QED) is 0.126. The number of anilines is 6. The maximum absolute atomic E-state index is 2.43. The average molecular weight is 879 g/mol. The van der Waals surface area contributed by atoms with Crippen molar-refractivity contribution in [2.24, 2.45) is 0 Å². The van der Waals surface area contributed by atoms with Gasteiger partial charge in [-0.3, -0.25) is 0 Å². The smallest absolute Gasteiger partial charge is 0.0462 e. The maximum atomic E-state index is 2.43. The summed E-state index contributed by atoms with van der Waals surface area (Å²) in [7, 11) is 0. The van der Waals surface area contributed by atoms with E-state index in [1.165, 1.54) is 62.6 Å². The second kappa shape index (κ2) is 17.2. The van der Waals surface area contributed by atoms with E-state index in [1.807, 2.05) is 22.7 Å². The van der Waals surface area contributed by atoms with E-state index >= 15 is 0 Å². The Hall–Kier alpha value is -8.02. The molecule has 312 valence electrons. The Balaban J connectivity index is 1.11. The summed E-state index contributed by atoms with van der Waals surface area (Å²) in [6.45, 7) is 0. The molecule has 0 spiro atoms. The summed E-state index contributed by atoms with van der Waals surface area (Å²) in [6, 6.07) is 92.7. The molecule has 0 N–H and O–H groups in total. The summed E-state index contributed by atoms with van der Waals surface area (Å²) in [6.07, 6.45) is 0. The predicted octanol–water partition coefficient (Wildman–Crippen LogP) is 18.4. The van der Waals surface area contributed by atoms with E-state index in [2.05, 4.69) is 265 Å². The Morgan fingerprint density at radius 1 is 0.227 bits per heavy atom. The molecule has 0 aliphatic heterocycles. The van der Waals surface area contributed by atoms with Crippen LogP contribution in [0, 0.1) is 0 Å². The van der Waals surface area contributed by atoms with Crippen LogP contribution in [-0.4, -0.2) is 0 Å². The van der Waals surface area contributed by atoms with Crippen molar-refractivity contribution in [3.8, 4) is 0 Å². The molecule has 12 rings (SSSR count). The Morgan fingerprint density at radius 2 is 0.500 bits per heavy atom. The molecule has 2 nitrogen and oxygen atoms in total. The highest BCUT2D eigenvalue weighted by molar-refractivity contribution is 7.26. The van der Waals surface area contributed by atoms with Gasteiger partial charge in [0.1, 0.15) is 0 Å². The third-order valence-corrected chi connectivity index (χ3v) is 14.8. The van der Waals surface area contributed by atoms with Crippen LogP contribution >= 0.6 is 22.7 Å². The number of para-hydroxylation sites is 4. The Bertz CT molecular complexity index is 3340. The first-order chi connectivity index (χ1) is 32.7. The minimum absolute atomic E-state index is 1.09. The van der Waals surface area contributed by atoms with Crippen LogP contribution in [0.5, 0.6) is 0 Å². The van der Waals surface area contributed by atoms with Crippen molar-refractivity contribution in [1.29, 1.82) is 0 Å². The van der Waals surface area contributed by atoms with Gasteiger partial charge in [0.05, 0.1) is 0 Å². The van der Waals surface area contributed by atoms with Gasteiger partial charge >= 0.3 is 0 Å². The number of benzene rings is 10. The minimum Gasteiger partial charge on any atom is -0.311 e. The van der Waals surface area contributed by atoms with E-state index in [1.54, 1.807) is 0 Å². The molecule has 4 heteroatoms. The van der Waals surface area contributed by atoms with E-state index in [-0.39, 0.29) is 0 Å². The van der Waals surface area contributed by atoms with Gasteiger partial charge in [-0.15, -0.1) is 22.7 Å². The van der Waals surface area contributed by atoms with Gasteiger partial charge in [-0.25, -0.2) is 0 Å². The molecule has 0 aliphatic carbocycles. The molecule has 0 unspecified atom stereocenters. The first-order valence-electron chi connectivity index (χ1n) is 22.3. The van der Waals surface area contributed by atoms with Crippen molar-refractivity contribution in [2.75, 3.05) is 9.80 Å². The van der Waals surface area contributed by atoms with Crippen molar-refractivity contribution < 1.29 is 0 Å². The third kappa shape index (κ3) is 7.33. The largest absolute Gasteiger partial charge is 0.311 e. The molecule has 66 heavy (non-hydrogen) atoms. The van der Waals surface area contributed by atoms with Crippen LogP contribution in [0.15, 0.2) is 255 Å². The highest BCUT2D eigenvalue weighted by Crippen LogP contribution is 2.45. The van der Waals surface area contributed by atoms with E-state index in [4.69, 9.17) is 0 Å². The van der Waals surface area contributed by atoms with Crippen LogP contribution < -0.4 is 9.80 Å². The highest BCUT2D eigenvalue weighted by atomic mass is 32.1. The molecular formula is C62H42N2S2. The van der Waals surface area contributed by atoms with Crippen LogP contribution in [0.3, 0.4) is 0 Å². The zero-order valence-electron chi connectivity index (χ0n) is 36.0. The Labute approximate surface area is 392 Å². The molecule has 2 aromatic heterocycles. The normalized spacial score (nSPS) is 11.9.